The number of ether oxygens (including phenoxy) is 2. The SMILES string of the molecule is CCC1(CC)C(=O)OCC(C)(COC(=O)C(C)(C)C)N1OC. The van der Waals surface area contributed by atoms with Gasteiger partial charge in [0.15, 0.2) is 0 Å². The molecule has 0 aromatic carbocycles. The first-order valence-corrected chi connectivity index (χ1v) is 7.76. The largest absolute Gasteiger partial charge is 0.463 e. The Labute approximate surface area is 133 Å². The third-order valence-electron chi connectivity index (χ3n) is 4.25. The highest BCUT2D eigenvalue weighted by atomic mass is 16.7. The monoisotopic (exact) mass is 315 g/mol. The van der Waals surface area contributed by atoms with Crippen molar-refractivity contribution in [1.29, 1.82) is 0 Å². The first-order chi connectivity index (χ1) is 10.1. The molecule has 128 valence electrons. The van der Waals surface area contributed by atoms with Crippen LogP contribution in [0.15, 0.2) is 0 Å². The zero-order chi connectivity index (χ0) is 17.2. The summed E-state index contributed by atoms with van der Waals surface area (Å²) < 4.78 is 10.8. The maximum absolute atomic E-state index is 12.3. The van der Waals surface area contributed by atoms with Gasteiger partial charge >= 0.3 is 11.9 Å². The first kappa shape index (κ1) is 18.9. The smallest absolute Gasteiger partial charge is 0.328 e. The number of nitrogens with zero attached hydrogens (tertiary/aromatic N) is 1. The van der Waals surface area contributed by atoms with Gasteiger partial charge in [0.25, 0.3) is 0 Å². The van der Waals surface area contributed by atoms with Gasteiger partial charge in [-0.3, -0.25) is 4.79 Å². The van der Waals surface area contributed by atoms with Crippen LogP contribution in [0.1, 0.15) is 54.4 Å². The van der Waals surface area contributed by atoms with Gasteiger partial charge in [0.1, 0.15) is 24.3 Å². The highest BCUT2D eigenvalue weighted by Crippen LogP contribution is 2.37. The Morgan fingerprint density at radius 1 is 1.32 bits per heavy atom. The predicted octanol–water partition coefficient (Wildman–Crippen LogP) is 2.31. The summed E-state index contributed by atoms with van der Waals surface area (Å²) in [6, 6.07) is 0. The van der Waals surface area contributed by atoms with E-state index in [0.29, 0.717) is 12.8 Å². The number of hydrogen-bond acceptors (Lipinski definition) is 6. The molecule has 22 heavy (non-hydrogen) atoms. The molecule has 1 atom stereocenters. The molecule has 0 radical (unpaired) electrons. The van der Waals surface area contributed by atoms with Gasteiger partial charge in [0.2, 0.25) is 0 Å². The molecule has 1 unspecified atom stereocenters. The number of carbonyl (C=O) groups excluding carboxylic acids is 2. The van der Waals surface area contributed by atoms with Gasteiger partial charge in [-0.2, -0.15) is 5.06 Å². The van der Waals surface area contributed by atoms with Crippen LogP contribution in [0.25, 0.3) is 0 Å². The van der Waals surface area contributed by atoms with Gasteiger partial charge in [-0.25, -0.2) is 4.79 Å². The highest BCUT2D eigenvalue weighted by Gasteiger charge is 2.56. The lowest BCUT2D eigenvalue weighted by Gasteiger charge is -2.51. The van der Waals surface area contributed by atoms with Gasteiger partial charge < -0.3 is 14.3 Å². The number of hydroxylamine groups is 2. The number of carbonyl (C=O) groups is 2. The van der Waals surface area contributed by atoms with E-state index >= 15 is 0 Å². The summed E-state index contributed by atoms with van der Waals surface area (Å²) in [7, 11) is 1.53. The Morgan fingerprint density at radius 3 is 2.27 bits per heavy atom. The van der Waals surface area contributed by atoms with E-state index in [1.54, 1.807) is 25.8 Å². The Kier molecular flexibility index (Phi) is 5.62. The van der Waals surface area contributed by atoms with Crippen molar-refractivity contribution in [3.05, 3.63) is 0 Å². The van der Waals surface area contributed by atoms with Crippen molar-refractivity contribution in [1.82, 2.24) is 5.06 Å². The maximum atomic E-state index is 12.3. The average molecular weight is 315 g/mol. The van der Waals surface area contributed by atoms with Crippen molar-refractivity contribution in [2.24, 2.45) is 5.41 Å². The molecule has 0 N–H and O–H groups in total. The summed E-state index contributed by atoms with van der Waals surface area (Å²) >= 11 is 0. The summed E-state index contributed by atoms with van der Waals surface area (Å²) in [4.78, 5) is 29.8. The molecule has 0 saturated carbocycles. The van der Waals surface area contributed by atoms with Crippen LogP contribution < -0.4 is 0 Å². The summed E-state index contributed by atoms with van der Waals surface area (Å²) in [5.74, 6) is -0.584. The Balaban J connectivity index is 3.01. The highest BCUT2D eigenvalue weighted by molar-refractivity contribution is 5.81. The molecule has 1 heterocycles. The summed E-state index contributed by atoms with van der Waals surface area (Å²) in [6.45, 7) is 11.3. The predicted molar refractivity (Wildman–Crippen MR) is 81.9 cm³/mol. The maximum Gasteiger partial charge on any atom is 0.328 e. The second-order valence-electron chi connectivity index (χ2n) is 7.11. The molecule has 1 fully saturated rings. The fraction of sp³-hybridized carbons (Fsp3) is 0.875. The van der Waals surface area contributed by atoms with Gasteiger partial charge in [-0.15, -0.1) is 0 Å². The molecular weight excluding hydrogens is 286 g/mol. The minimum absolute atomic E-state index is 0.103. The van der Waals surface area contributed by atoms with E-state index in [4.69, 9.17) is 14.3 Å². The minimum Gasteiger partial charge on any atom is -0.463 e. The molecule has 1 aliphatic heterocycles. The van der Waals surface area contributed by atoms with E-state index < -0.39 is 16.5 Å². The van der Waals surface area contributed by atoms with E-state index in [-0.39, 0.29) is 25.2 Å². The average Bonchev–Trinajstić information content (AvgIpc) is 2.46. The third-order valence-corrected chi connectivity index (χ3v) is 4.25. The van der Waals surface area contributed by atoms with Crippen molar-refractivity contribution >= 4 is 11.9 Å². The quantitative estimate of drug-likeness (QED) is 0.725. The summed E-state index contributed by atoms with van der Waals surface area (Å²) in [5, 5.41) is 1.65. The lowest BCUT2D eigenvalue weighted by Crippen LogP contribution is -2.70. The van der Waals surface area contributed by atoms with Crippen molar-refractivity contribution in [2.75, 3.05) is 20.3 Å². The standard InChI is InChI=1S/C16H29NO5/c1-8-16(9-2)13(19)22-11-15(6,17(16)20-7)10-21-12(18)14(3,4)5/h8-11H2,1-7H3. The lowest BCUT2D eigenvalue weighted by molar-refractivity contribution is -0.299. The molecule has 6 nitrogen and oxygen atoms in total. The topological polar surface area (TPSA) is 65.1 Å². The number of cyclic esters (lactones) is 1. The van der Waals surface area contributed by atoms with Crippen molar-refractivity contribution < 1.29 is 23.9 Å². The minimum atomic E-state index is -0.851. The lowest BCUT2D eigenvalue weighted by atomic mass is 9.85. The van der Waals surface area contributed by atoms with Gasteiger partial charge in [-0.05, 0) is 40.5 Å². The molecule has 1 rings (SSSR count). The van der Waals surface area contributed by atoms with Gasteiger partial charge in [0, 0.05) is 0 Å². The van der Waals surface area contributed by atoms with E-state index in [0.717, 1.165) is 0 Å². The second-order valence-corrected chi connectivity index (χ2v) is 7.11. The Bertz CT molecular complexity index is 425. The van der Waals surface area contributed by atoms with Gasteiger partial charge in [0.05, 0.1) is 12.5 Å². The molecule has 0 spiro atoms. The molecule has 0 aliphatic carbocycles. The van der Waals surface area contributed by atoms with E-state index in [9.17, 15) is 9.59 Å². The van der Waals surface area contributed by atoms with Crippen LogP contribution in [0.2, 0.25) is 0 Å². The molecule has 0 amide bonds. The number of esters is 2. The van der Waals surface area contributed by atoms with E-state index in [1.165, 1.54) is 7.11 Å². The van der Waals surface area contributed by atoms with Crippen LogP contribution in [0.3, 0.4) is 0 Å². The number of rotatable bonds is 5. The second kappa shape index (κ2) is 6.54. The number of hydrogen-bond donors (Lipinski definition) is 0. The van der Waals surface area contributed by atoms with Crippen LogP contribution in [-0.2, 0) is 23.9 Å². The molecule has 6 heteroatoms. The molecule has 0 aromatic heterocycles. The van der Waals surface area contributed by atoms with Crippen LogP contribution >= 0.6 is 0 Å². The number of morpholine rings is 1. The van der Waals surface area contributed by atoms with E-state index in [1.807, 2.05) is 20.8 Å². The van der Waals surface area contributed by atoms with Gasteiger partial charge in [-0.1, -0.05) is 13.8 Å². The zero-order valence-corrected chi connectivity index (χ0v) is 14.8. The Hall–Kier alpha value is -1.14. The van der Waals surface area contributed by atoms with E-state index in [2.05, 4.69) is 0 Å². The summed E-state index contributed by atoms with van der Waals surface area (Å²) in [5.41, 5.74) is -2.14. The first-order valence-electron chi connectivity index (χ1n) is 7.76. The van der Waals surface area contributed by atoms with Crippen molar-refractivity contribution in [3.63, 3.8) is 0 Å². The van der Waals surface area contributed by atoms with Crippen molar-refractivity contribution in [3.8, 4) is 0 Å². The Morgan fingerprint density at radius 2 is 1.86 bits per heavy atom. The molecule has 1 saturated heterocycles. The fourth-order valence-electron chi connectivity index (χ4n) is 2.77. The van der Waals surface area contributed by atoms with Crippen LogP contribution in [0, 0.1) is 5.41 Å². The molecule has 1 aliphatic rings. The normalized spacial score (nSPS) is 25.7. The third kappa shape index (κ3) is 3.27. The molecule has 0 bridgehead atoms. The summed E-state index contributed by atoms with van der Waals surface area (Å²) in [6.07, 6.45) is 1.11. The zero-order valence-electron chi connectivity index (χ0n) is 14.8. The molecular formula is C16H29NO5. The molecule has 0 aromatic rings. The van der Waals surface area contributed by atoms with Crippen LogP contribution in [-0.4, -0.2) is 48.4 Å². The van der Waals surface area contributed by atoms with Crippen molar-refractivity contribution in [2.45, 2.75) is 65.5 Å². The fourth-order valence-corrected chi connectivity index (χ4v) is 2.77. The van der Waals surface area contributed by atoms with Crippen LogP contribution in [0.5, 0.6) is 0 Å². The van der Waals surface area contributed by atoms with Crippen LogP contribution in [0.4, 0.5) is 0 Å².